The second kappa shape index (κ2) is 3.58. The minimum atomic E-state index is 0.0464. The van der Waals surface area contributed by atoms with Crippen LogP contribution in [0.3, 0.4) is 0 Å². The second-order valence-corrected chi connectivity index (χ2v) is 4.23. The molecule has 1 aromatic carbocycles. The highest BCUT2D eigenvalue weighted by Gasteiger charge is 2.32. The van der Waals surface area contributed by atoms with Crippen molar-refractivity contribution in [1.82, 2.24) is 0 Å². The molecule has 0 fully saturated rings. The van der Waals surface area contributed by atoms with Crippen LogP contribution >= 0.6 is 0 Å². The van der Waals surface area contributed by atoms with E-state index in [4.69, 9.17) is 10.00 Å². The van der Waals surface area contributed by atoms with Crippen molar-refractivity contribution in [3.63, 3.8) is 0 Å². The lowest BCUT2D eigenvalue weighted by Crippen LogP contribution is -1.96. The van der Waals surface area contributed by atoms with E-state index in [2.05, 4.69) is 19.9 Å². The zero-order chi connectivity index (χ0) is 11.0. The number of hydrogen-bond acceptors (Lipinski definition) is 2. The molecule has 15 heavy (non-hydrogen) atoms. The zero-order valence-electron chi connectivity index (χ0n) is 9.37. The number of hydrogen-bond donors (Lipinski definition) is 0. The van der Waals surface area contributed by atoms with E-state index in [1.165, 1.54) is 16.7 Å². The zero-order valence-corrected chi connectivity index (χ0v) is 9.37. The summed E-state index contributed by atoms with van der Waals surface area (Å²) in [5.41, 5.74) is 3.65. The van der Waals surface area contributed by atoms with Gasteiger partial charge in [0, 0.05) is 5.56 Å². The molecule has 0 amide bonds. The number of benzene rings is 1. The summed E-state index contributed by atoms with van der Waals surface area (Å²) < 4.78 is 5.37. The standard InChI is InChI=1S/C13H15NO/c1-8-4-5-11(15-3)13-9(2)6-10(7-14)12(8)13/h4-5,9-10H,6H2,1-3H3. The van der Waals surface area contributed by atoms with Gasteiger partial charge in [0.2, 0.25) is 0 Å². The molecule has 0 spiro atoms. The first-order valence-corrected chi connectivity index (χ1v) is 5.26. The highest BCUT2D eigenvalue weighted by Crippen LogP contribution is 2.46. The first-order valence-electron chi connectivity index (χ1n) is 5.26. The molecule has 1 aromatic rings. The van der Waals surface area contributed by atoms with Crippen molar-refractivity contribution < 1.29 is 4.74 Å². The van der Waals surface area contributed by atoms with Gasteiger partial charge in [0.1, 0.15) is 5.75 Å². The fourth-order valence-corrected chi connectivity index (χ4v) is 2.58. The van der Waals surface area contributed by atoms with Crippen molar-refractivity contribution in [3.8, 4) is 11.8 Å². The minimum absolute atomic E-state index is 0.0464. The maximum Gasteiger partial charge on any atom is 0.122 e. The van der Waals surface area contributed by atoms with E-state index >= 15 is 0 Å². The molecule has 1 aliphatic carbocycles. The molecule has 1 aliphatic rings. The van der Waals surface area contributed by atoms with Gasteiger partial charge in [-0.3, -0.25) is 0 Å². The van der Waals surface area contributed by atoms with Gasteiger partial charge in [-0.05, 0) is 36.5 Å². The van der Waals surface area contributed by atoms with Crippen LogP contribution in [0.4, 0.5) is 0 Å². The summed E-state index contributed by atoms with van der Waals surface area (Å²) >= 11 is 0. The SMILES string of the molecule is COc1ccc(C)c2c1C(C)CC2C#N. The van der Waals surface area contributed by atoms with Gasteiger partial charge in [0.15, 0.2) is 0 Å². The molecule has 2 unspecified atom stereocenters. The molecular formula is C13H15NO. The first-order chi connectivity index (χ1) is 7.19. The molecule has 2 heteroatoms. The van der Waals surface area contributed by atoms with Crippen molar-refractivity contribution in [2.75, 3.05) is 7.11 Å². The van der Waals surface area contributed by atoms with E-state index in [-0.39, 0.29) is 5.92 Å². The van der Waals surface area contributed by atoms with Gasteiger partial charge in [-0.2, -0.15) is 5.26 Å². The number of rotatable bonds is 1. The monoisotopic (exact) mass is 201 g/mol. The molecule has 0 heterocycles. The number of nitriles is 1. The summed E-state index contributed by atoms with van der Waals surface area (Å²) in [5.74, 6) is 1.41. The molecule has 0 radical (unpaired) electrons. The Labute approximate surface area is 90.5 Å². The Morgan fingerprint density at radius 2 is 2.13 bits per heavy atom. The highest BCUT2D eigenvalue weighted by molar-refractivity contribution is 5.53. The van der Waals surface area contributed by atoms with Gasteiger partial charge >= 0.3 is 0 Å². The molecule has 0 aromatic heterocycles. The smallest absolute Gasteiger partial charge is 0.122 e. The van der Waals surface area contributed by atoms with Gasteiger partial charge in [-0.1, -0.05) is 13.0 Å². The summed E-state index contributed by atoms with van der Waals surface area (Å²) in [4.78, 5) is 0. The quantitative estimate of drug-likeness (QED) is 0.699. The number of ether oxygens (including phenoxy) is 1. The van der Waals surface area contributed by atoms with Crippen LogP contribution in [0.15, 0.2) is 12.1 Å². The maximum atomic E-state index is 9.13. The maximum absolute atomic E-state index is 9.13. The van der Waals surface area contributed by atoms with Crippen molar-refractivity contribution in [2.45, 2.75) is 32.1 Å². The van der Waals surface area contributed by atoms with Gasteiger partial charge in [0.25, 0.3) is 0 Å². The summed E-state index contributed by atoms with van der Waals surface area (Å²) in [6.07, 6.45) is 0.924. The molecule has 2 atom stereocenters. The lowest BCUT2D eigenvalue weighted by molar-refractivity contribution is 0.407. The van der Waals surface area contributed by atoms with Gasteiger partial charge in [-0.15, -0.1) is 0 Å². The molecule has 2 rings (SSSR count). The molecule has 0 aliphatic heterocycles. The molecular weight excluding hydrogens is 186 g/mol. The lowest BCUT2D eigenvalue weighted by atomic mass is 9.97. The van der Waals surface area contributed by atoms with Crippen LogP contribution in [-0.2, 0) is 0 Å². The third-order valence-electron chi connectivity index (χ3n) is 3.27. The van der Waals surface area contributed by atoms with Gasteiger partial charge in [-0.25, -0.2) is 0 Å². The second-order valence-electron chi connectivity index (χ2n) is 4.23. The first kappa shape index (κ1) is 10.0. The van der Waals surface area contributed by atoms with E-state index in [1.807, 2.05) is 12.1 Å². The number of fused-ring (bicyclic) bond motifs is 1. The van der Waals surface area contributed by atoms with Crippen molar-refractivity contribution in [1.29, 1.82) is 5.26 Å². The highest BCUT2D eigenvalue weighted by atomic mass is 16.5. The summed E-state index contributed by atoms with van der Waals surface area (Å²) in [7, 11) is 1.69. The molecule has 2 nitrogen and oxygen atoms in total. The minimum Gasteiger partial charge on any atom is -0.496 e. The average Bonchev–Trinajstić information content (AvgIpc) is 2.58. The third kappa shape index (κ3) is 1.39. The van der Waals surface area contributed by atoms with Gasteiger partial charge in [0.05, 0.1) is 19.1 Å². The Morgan fingerprint density at radius 3 is 2.73 bits per heavy atom. The predicted molar refractivity (Wildman–Crippen MR) is 59.1 cm³/mol. The lowest BCUT2D eigenvalue weighted by Gasteiger charge is -2.12. The third-order valence-corrected chi connectivity index (χ3v) is 3.27. The Balaban J connectivity index is 2.65. The fraction of sp³-hybridized carbons (Fsp3) is 0.462. The molecule has 0 saturated carbocycles. The largest absolute Gasteiger partial charge is 0.496 e. The number of aryl methyl sites for hydroxylation is 1. The van der Waals surface area contributed by atoms with Crippen LogP contribution in [0.2, 0.25) is 0 Å². The number of nitrogens with zero attached hydrogens (tertiary/aromatic N) is 1. The van der Waals surface area contributed by atoms with E-state index in [9.17, 15) is 0 Å². The van der Waals surface area contributed by atoms with Crippen molar-refractivity contribution >= 4 is 0 Å². The van der Waals surface area contributed by atoms with Crippen molar-refractivity contribution in [3.05, 3.63) is 28.8 Å². The number of methoxy groups -OCH3 is 1. The Bertz CT molecular complexity index is 431. The van der Waals surface area contributed by atoms with Crippen molar-refractivity contribution in [2.24, 2.45) is 0 Å². The van der Waals surface area contributed by atoms with Crippen LogP contribution in [0.25, 0.3) is 0 Å². The Hall–Kier alpha value is -1.49. The van der Waals surface area contributed by atoms with Crippen LogP contribution in [0, 0.1) is 18.3 Å². The topological polar surface area (TPSA) is 33.0 Å². The van der Waals surface area contributed by atoms with Gasteiger partial charge < -0.3 is 4.74 Å². The van der Waals surface area contributed by atoms with E-state index in [0.717, 1.165) is 12.2 Å². The van der Waals surface area contributed by atoms with Crippen LogP contribution in [0.5, 0.6) is 5.75 Å². The normalized spacial score (nSPS) is 23.3. The van der Waals surface area contributed by atoms with Crippen LogP contribution < -0.4 is 4.74 Å². The molecule has 0 saturated heterocycles. The van der Waals surface area contributed by atoms with Crippen LogP contribution in [-0.4, -0.2) is 7.11 Å². The Morgan fingerprint density at radius 1 is 1.40 bits per heavy atom. The molecule has 0 N–H and O–H groups in total. The Kier molecular flexibility index (Phi) is 2.40. The van der Waals surface area contributed by atoms with E-state index < -0.39 is 0 Å². The van der Waals surface area contributed by atoms with E-state index in [0.29, 0.717) is 5.92 Å². The summed E-state index contributed by atoms with van der Waals surface area (Å²) in [6, 6.07) is 6.43. The predicted octanol–water partition coefficient (Wildman–Crippen LogP) is 3.12. The fourth-order valence-electron chi connectivity index (χ4n) is 2.58. The molecule has 0 bridgehead atoms. The average molecular weight is 201 g/mol. The van der Waals surface area contributed by atoms with E-state index in [1.54, 1.807) is 7.11 Å². The molecule has 78 valence electrons. The summed E-state index contributed by atoms with van der Waals surface area (Å²) in [5, 5.41) is 9.13. The summed E-state index contributed by atoms with van der Waals surface area (Å²) in [6.45, 7) is 4.23. The van der Waals surface area contributed by atoms with Crippen LogP contribution in [0.1, 0.15) is 41.9 Å².